The molecule has 37 heavy (non-hydrogen) atoms. The van der Waals surface area contributed by atoms with Gasteiger partial charge in [-0.05, 0) is 77.8 Å². The van der Waals surface area contributed by atoms with E-state index < -0.39 is 17.8 Å². The summed E-state index contributed by atoms with van der Waals surface area (Å²) in [6.45, 7) is 2.23. The van der Waals surface area contributed by atoms with E-state index in [1.807, 2.05) is 19.1 Å². The third-order valence-electron chi connectivity index (χ3n) is 5.80. The molecule has 1 saturated heterocycles. The van der Waals surface area contributed by atoms with Crippen LogP contribution in [-0.2, 0) is 22.6 Å². The van der Waals surface area contributed by atoms with E-state index in [1.54, 1.807) is 42.5 Å². The van der Waals surface area contributed by atoms with E-state index in [-0.39, 0.29) is 22.9 Å². The molecule has 3 aromatic rings. The second-order valence-electron chi connectivity index (χ2n) is 8.18. The molecule has 1 aliphatic rings. The van der Waals surface area contributed by atoms with E-state index >= 15 is 0 Å². The number of nitrogens with zero attached hydrogens (tertiary/aromatic N) is 1. The van der Waals surface area contributed by atoms with Gasteiger partial charge in [-0.2, -0.15) is 0 Å². The number of amides is 2. The lowest BCUT2D eigenvalue weighted by Crippen LogP contribution is -2.54. The number of carboxylic acids is 1. The predicted octanol–water partition coefficient (Wildman–Crippen LogP) is 4.37. The molecule has 2 N–H and O–H groups in total. The van der Waals surface area contributed by atoms with Gasteiger partial charge in [0.2, 0.25) is 0 Å². The van der Waals surface area contributed by atoms with Crippen LogP contribution in [0.15, 0.2) is 72.3 Å². The molecule has 0 atom stereocenters. The molecule has 2 amide bonds. The number of nitrogens with one attached hydrogen (secondary N) is 1. The summed E-state index contributed by atoms with van der Waals surface area (Å²) in [6.07, 6.45) is 2.34. The zero-order valence-electron chi connectivity index (χ0n) is 20.2. The summed E-state index contributed by atoms with van der Waals surface area (Å²) in [5.41, 5.74) is 3.15. The van der Waals surface area contributed by atoms with Crippen LogP contribution in [0.1, 0.15) is 34.0 Å². The molecule has 0 unspecified atom stereocenters. The smallest absolute Gasteiger partial charge is 0.335 e. The van der Waals surface area contributed by atoms with Gasteiger partial charge in [0.25, 0.3) is 11.8 Å². The average molecular weight is 517 g/mol. The minimum atomic E-state index is -0.997. The standard InChI is InChI=1S/C28H24N2O6S/c1-3-17-6-11-21(12-7-17)30-26(32)22(25(31)29-28(30)37)14-19-8-13-23(24(15-19)35-2)36-16-18-4-9-20(10-5-18)27(33)34/h4-15H,3,16H2,1-2H3,(H,33,34)(H,29,31,37)/b22-14-. The number of methoxy groups -OCH3 is 1. The van der Waals surface area contributed by atoms with Crippen molar-refractivity contribution < 1.29 is 29.0 Å². The summed E-state index contributed by atoms with van der Waals surface area (Å²) in [4.78, 5) is 38.2. The van der Waals surface area contributed by atoms with Crippen LogP contribution in [0.3, 0.4) is 0 Å². The Morgan fingerprint density at radius 3 is 2.30 bits per heavy atom. The molecule has 3 aromatic carbocycles. The minimum absolute atomic E-state index is 0.0223. The quantitative estimate of drug-likeness (QED) is 0.260. The number of carbonyl (C=O) groups excluding carboxylic acids is 2. The second-order valence-corrected chi connectivity index (χ2v) is 8.57. The highest BCUT2D eigenvalue weighted by atomic mass is 32.1. The van der Waals surface area contributed by atoms with Crippen LogP contribution in [0, 0.1) is 0 Å². The minimum Gasteiger partial charge on any atom is -0.493 e. The average Bonchev–Trinajstić information content (AvgIpc) is 2.90. The lowest BCUT2D eigenvalue weighted by Gasteiger charge is -2.29. The number of carbonyl (C=O) groups is 3. The summed E-state index contributed by atoms with van der Waals surface area (Å²) in [6, 6.07) is 18.8. The van der Waals surface area contributed by atoms with Gasteiger partial charge < -0.3 is 14.6 Å². The molecule has 8 nitrogen and oxygen atoms in total. The van der Waals surface area contributed by atoms with Crippen molar-refractivity contribution in [2.45, 2.75) is 20.0 Å². The summed E-state index contributed by atoms with van der Waals surface area (Å²) in [5, 5.41) is 11.6. The van der Waals surface area contributed by atoms with Crippen LogP contribution < -0.4 is 19.7 Å². The maximum atomic E-state index is 13.3. The van der Waals surface area contributed by atoms with Gasteiger partial charge >= 0.3 is 5.97 Å². The first-order valence-corrected chi connectivity index (χ1v) is 11.8. The Hall–Kier alpha value is -4.50. The fourth-order valence-electron chi connectivity index (χ4n) is 3.74. The number of ether oxygens (including phenoxy) is 2. The molecule has 1 fully saturated rings. The summed E-state index contributed by atoms with van der Waals surface area (Å²) in [5.74, 6) is -1.25. The number of thiocarbonyl (C=S) groups is 1. The topological polar surface area (TPSA) is 105 Å². The highest BCUT2D eigenvalue weighted by Crippen LogP contribution is 2.30. The third kappa shape index (κ3) is 5.68. The second kappa shape index (κ2) is 11.0. The van der Waals surface area contributed by atoms with Crippen molar-refractivity contribution in [1.29, 1.82) is 0 Å². The van der Waals surface area contributed by atoms with Gasteiger partial charge in [-0.25, -0.2) is 4.79 Å². The number of aromatic carboxylic acids is 1. The molecule has 0 bridgehead atoms. The third-order valence-corrected chi connectivity index (χ3v) is 6.08. The van der Waals surface area contributed by atoms with E-state index in [1.165, 1.54) is 30.2 Å². The van der Waals surface area contributed by atoms with Crippen molar-refractivity contribution in [3.8, 4) is 11.5 Å². The highest BCUT2D eigenvalue weighted by Gasteiger charge is 2.34. The summed E-state index contributed by atoms with van der Waals surface area (Å²) < 4.78 is 11.3. The monoisotopic (exact) mass is 516 g/mol. The molecule has 4 rings (SSSR count). The van der Waals surface area contributed by atoms with Gasteiger partial charge in [-0.15, -0.1) is 0 Å². The molecule has 188 valence electrons. The Balaban J connectivity index is 1.55. The van der Waals surface area contributed by atoms with Gasteiger partial charge in [-0.1, -0.05) is 37.3 Å². The summed E-state index contributed by atoms with van der Waals surface area (Å²) in [7, 11) is 1.49. The van der Waals surface area contributed by atoms with Crippen molar-refractivity contribution >= 4 is 46.9 Å². The molecular weight excluding hydrogens is 492 g/mol. The molecule has 1 aliphatic heterocycles. The van der Waals surface area contributed by atoms with Crippen LogP contribution in [0.4, 0.5) is 5.69 Å². The fourth-order valence-corrected chi connectivity index (χ4v) is 4.02. The van der Waals surface area contributed by atoms with E-state index in [2.05, 4.69) is 5.32 Å². The number of benzene rings is 3. The number of anilines is 1. The maximum Gasteiger partial charge on any atom is 0.335 e. The first-order chi connectivity index (χ1) is 17.8. The largest absolute Gasteiger partial charge is 0.493 e. The number of hydrogen-bond donors (Lipinski definition) is 2. The summed E-state index contributed by atoms with van der Waals surface area (Å²) >= 11 is 5.27. The first kappa shape index (κ1) is 25.6. The molecule has 0 spiro atoms. The van der Waals surface area contributed by atoms with Gasteiger partial charge in [0, 0.05) is 0 Å². The van der Waals surface area contributed by atoms with Crippen molar-refractivity contribution in [2.75, 3.05) is 12.0 Å². The van der Waals surface area contributed by atoms with E-state index in [4.69, 9.17) is 26.8 Å². The molecule has 9 heteroatoms. The van der Waals surface area contributed by atoms with E-state index in [9.17, 15) is 14.4 Å². The maximum absolute atomic E-state index is 13.3. The van der Waals surface area contributed by atoms with Gasteiger partial charge in [-0.3, -0.25) is 19.8 Å². The van der Waals surface area contributed by atoms with Gasteiger partial charge in [0.15, 0.2) is 16.6 Å². The Kier molecular flexibility index (Phi) is 7.64. The highest BCUT2D eigenvalue weighted by molar-refractivity contribution is 7.80. The molecule has 0 saturated carbocycles. The van der Waals surface area contributed by atoms with Crippen LogP contribution >= 0.6 is 12.2 Å². The SMILES string of the molecule is CCc1ccc(N2C(=O)/C(=C\c3ccc(OCc4ccc(C(=O)O)cc4)c(OC)c3)C(=O)NC2=S)cc1. The van der Waals surface area contributed by atoms with Gasteiger partial charge in [0.1, 0.15) is 12.2 Å². The zero-order valence-corrected chi connectivity index (χ0v) is 21.0. The predicted molar refractivity (Wildman–Crippen MR) is 143 cm³/mol. The fraction of sp³-hybridized carbons (Fsp3) is 0.143. The number of carboxylic acid groups (broad SMARTS) is 1. The van der Waals surface area contributed by atoms with E-state index in [0.717, 1.165) is 17.5 Å². The van der Waals surface area contributed by atoms with Crippen LogP contribution in [0.2, 0.25) is 0 Å². The lowest BCUT2D eigenvalue weighted by atomic mass is 10.1. The molecule has 0 aromatic heterocycles. The van der Waals surface area contributed by atoms with Crippen molar-refractivity contribution in [2.24, 2.45) is 0 Å². The number of aryl methyl sites for hydroxylation is 1. The Morgan fingerprint density at radius 1 is 1.00 bits per heavy atom. The molecule has 0 aliphatic carbocycles. The van der Waals surface area contributed by atoms with Crippen LogP contribution in [0.25, 0.3) is 6.08 Å². The Morgan fingerprint density at radius 2 is 1.68 bits per heavy atom. The molecule has 1 heterocycles. The zero-order chi connectivity index (χ0) is 26.5. The first-order valence-electron chi connectivity index (χ1n) is 11.4. The molecule has 0 radical (unpaired) electrons. The normalized spacial score (nSPS) is 14.5. The van der Waals surface area contributed by atoms with Crippen LogP contribution in [0.5, 0.6) is 11.5 Å². The van der Waals surface area contributed by atoms with Crippen molar-refractivity contribution in [3.63, 3.8) is 0 Å². The van der Waals surface area contributed by atoms with Crippen molar-refractivity contribution in [1.82, 2.24) is 5.32 Å². The van der Waals surface area contributed by atoms with E-state index in [0.29, 0.717) is 22.7 Å². The van der Waals surface area contributed by atoms with Crippen molar-refractivity contribution in [3.05, 3.63) is 94.6 Å². The number of hydrogen-bond acceptors (Lipinski definition) is 6. The number of rotatable bonds is 8. The van der Waals surface area contributed by atoms with Crippen LogP contribution in [-0.4, -0.2) is 35.1 Å². The Labute approximate surface area is 219 Å². The van der Waals surface area contributed by atoms with Gasteiger partial charge in [0.05, 0.1) is 18.4 Å². The lowest BCUT2D eigenvalue weighted by molar-refractivity contribution is -0.122. The molecular formula is C28H24N2O6S. The Bertz CT molecular complexity index is 1400.